The van der Waals surface area contributed by atoms with Gasteiger partial charge in [-0.15, -0.1) is 0 Å². The zero-order valence-corrected chi connectivity index (χ0v) is 9.14. The maximum absolute atomic E-state index is 11.6. The molecule has 0 atom stereocenters. The van der Waals surface area contributed by atoms with Crippen LogP contribution in [0.5, 0.6) is 0 Å². The predicted molar refractivity (Wildman–Crippen MR) is 60.0 cm³/mol. The highest BCUT2D eigenvalue weighted by Gasteiger charge is 2.08. The summed E-state index contributed by atoms with van der Waals surface area (Å²) in [4.78, 5) is 29.9. The molecule has 2 heterocycles. The van der Waals surface area contributed by atoms with E-state index in [1.807, 2.05) is 0 Å². The first-order valence-corrected chi connectivity index (χ1v) is 4.92. The Morgan fingerprint density at radius 3 is 2.82 bits per heavy atom. The number of hydrogen-bond acceptors (Lipinski definition) is 5. The molecule has 2 aromatic heterocycles. The van der Waals surface area contributed by atoms with Crippen molar-refractivity contribution in [1.29, 1.82) is 0 Å². The second kappa shape index (κ2) is 4.75. The number of nitrogens with zero attached hydrogens (tertiary/aromatic N) is 2. The first-order valence-electron chi connectivity index (χ1n) is 4.54. The van der Waals surface area contributed by atoms with Crippen LogP contribution in [0.15, 0.2) is 39.9 Å². The van der Waals surface area contributed by atoms with E-state index >= 15 is 0 Å². The summed E-state index contributed by atoms with van der Waals surface area (Å²) in [5.41, 5.74) is -0.339. The van der Waals surface area contributed by atoms with E-state index in [-0.39, 0.29) is 16.7 Å². The summed E-state index contributed by atoms with van der Waals surface area (Å²) < 4.78 is 4.56. The number of amides is 1. The average Bonchev–Trinajstić information content (AvgIpc) is 2.29. The molecule has 86 valence electrons. The zero-order valence-electron chi connectivity index (χ0n) is 8.38. The van der Waals surface area contributed by atoms with Crippen molar-refractivity contribution >= 4 is 23.5 Å². The van der Waals surface area contributed by atoms with E-state index in [9.17, 15) is 9.59 Å². The normalized spacial score (nSPS) is 9.94. The Kier molecular flexibility index (Phi) is 3.15. The van der Waals surface area contributed by atoms with E-state index < -0.39 is 11.5 Å². The van der Waals surface area contributed by atoms with E-state index in [0.29, 0.717) is 0 Å². The first-order chi connectivity index (χ1) is 8.15. The number of carbonyl (C=O) groups is 1. The molecule has 17 heavy (non-hydrogen) atoms. The minimum Gasteiger partial charge on any atom is -0.430 e. The standard InChI is InChI=1S/C10H6ClN3O3/c11-7-3-4-12-10(13-7)14-9(16)6-1-2-8(15)17-5-6/h1-5H,(H,12,13,14,16). The van der Waals surface area contributed by atoms with Crippen molar-refractivity contribution in [1.82, 2.24) is 9.97 Å². The summed E-state index contributed by atoms with van der Waals surface area (Å²) in [6.45, 7) is 0. The van der Waals surface area contributed by atoms with Gasteiger partial charge in [0.2, 0.25) is 5.95 Å². The Bertz CT molecular complexity index is 591. The lowest BCUT2D eigenvalue weighted by Gasteiger charge is -2.02. The van der Waals surface area contributed by atoms with Crippen LogP contribution in [-0.4, -0.2) is 15.9 Å². The third kappa shape index (κ3) is 2.88. The van der Waals surface area contributed by atoms with Crippen LogP contribution in [-0.2, 0) is 0 Å². The van der Waals surface area contributed by atoms with Crippen molar-refractivity contribution < 1.29 is 9.21 Å². The molecule has 1 amide bonds. The first kappa shape index (κ1) is 11.3. The van der Waals surface area contributed by atoms with Crippen molar-refractivity contribution in [3.05, 3.63) is 51.8 Å². The maximum Gasteiger partial charge on any atom is 0.335 e. The molecule has 0 aromatic carbocycles. The van der Waals surface area contributed by atoms with Crippen molar-refractivity contribution in [3.8, 4) is 0 Å². The molecule has 0 saturated heterocycles. The molecular weight excluding hydrogens is 246 g/mol. The van der Waals surface area contributed by atoms with Gasteiger partial charge in [0.1, 0.15) is 11.4 Å². The predicted octanol–water partition coefficient (Wildman–Crippen LogP) is 1.34. The second-order valence-corrected chi connectivity index (χ2v) is 3.39. The van der Waals surface area contributed by atoms with Crippen LogP contribution in [0.2, 0.25) is 5.15 Å². The van der Waals surface area contributed by atoms with E-state index in [2.05, 4.69) is 19.7 Å². The number of aromatic nitrogens is 2. The smallest absolute Gasteiger partial charge is 0.335 e. The minimum absolute atomic E-state index is 0.0775. The lowest BCUT2D eigenvalue weighted by Crippen LogP contribution is -2.14. The number of anilines is 1. The van der Waals surface area contributed by atoms with E-state index in [1.54, 1.807) is 0 Å². The molecule has 7 heteroatoms. The molecule has 0 unspecified atom stereocenters. The van der Waals surface area contributed by atoms with Gasteiger partial charge in [-0.05, 0) is 12.1 Å². The van der Waals surface area contributed by atoms with Gasteiger partial charge in [-0.2, -0.15) is 0 Å². The molecule has 0 aliphatic heterocycles. The van der Waals surface area contributed by atoms with Crippen LogP contribution >= 0.6 is 11.6 Å². The Morgan fingerprint density at radius 1 is 1.35 bits per heavy atom. The summed E-state index contributed by atoms with van der Waals surface area (Å²) in [6.07, 6.45) is 2.47. The Labute approximate surface area is 100 Å². The summed E-state index contributed by atoms with van der Waals surface area (Å²) in [7, 11) is 0. The summed E-state index contributed by atoms with van der Waals surface area (Å²) >= 11 is 5.63. The monoisotopic (exact) mass is 251 g/mol. The van der Waals surface area contributed by atoms with Crippen LogP contribution in [0.1, 0.15) is 10.4 Å². The van der Waals surface area contributed by atoms with E-state index in [4.69, 9.17) is 11.6 Å². The van der Waals surface area contributed by atoms with Gasteiger partial charge in [-0.1, -0.05) is 11.6 Å². The van der Waals surface area contributed by atoms with Crippen molar-refractivity contribution in [3.63, 3.8) is 0 Å². The summed E-state index contributed by atoms with van der Waals surface area (Å²) in [6, 6.07) is 3.97. The fourth-order valence-electron chi connectivity index (χ4n) is 1.06. The van der Waals surface area contributed by atoms with Crippen LogP contribution < -0.4 is 10.9 Å². The molecule has 2 rings (SSSR count). The van der Waals surface area contributed by atoms with Gasteiger partial charge in [-0.25, -0.2) is 14.8 Å². The lowest BCUT2D eigenvalue weighted by atomic mass is 10.3. The number of halogens is 1. The fraction of sp³-hybridized carbons (Fsp3) is 0. The van der Waals surface area contributed by atoms with Gasteiger partial charge in [-0.3, -0.25) is 10.1 Å². The highest BCUT2D eigenvalue weighted by molar-refractivity contribution is 6.29. The molecule has 0 spiro atoms. The Hall–Kier alpha value is -2.21. The number of hydrogen-bond donors (Lipinski definition) is 1. The van der Waals surface area contributed by atoms with E-state index in [1.165, 1.54) is 18.3 Å². The lowest BCUT2D eigenvalue weighted by molar-refractivity contribution is 0.102. The SMILES string of the molecule is O=C(Nc1nccc(Cl)n1)c1ccc(=O)oc1. The molecule has 0 saturated carbocycles. The summed E-state index contributed by atoms with van der Waals surface area (Å²) in [5, 5.41) is 2.63. The molecule has 0 bridgehead atoms. The van der Waals surface area contributed by atoms with Gasteiger partial charge in [0.15, 0.2) is 0 Å². The highest BCUT2D eigenvalue weighted by Crippen LogP contribution is 2.07. The largest absolute Gasteiger partial charge is 0.430 e. The molecule has 6 nitrogen and oxygen atoms in total. The molecule has 1 N–H and O–H groups in total. The van der Waals surface area contributed by atoms with Gasteiger partial charge in [0, 0.05) is 12.3 Å². The number of carbonyl (C=O) groups excluding carboxylic acids is 1. The molecule has 0 fully saturated rings. The number of nitrogens with one attached hydrogen (secondary N) is 1. The van der Waals surface area contributed by atoms with Gasteiger partial charge >= 0.3 is 5.63 Å². The summed E-state index contributed by atoms with van der Waals surface area (Å²) in [5.74, 6) is -0.412. The average molecular weight is 252 g/mol. The molecule has 0 radical (unpaired) electrons. The minimum atomic E-state index is -0.527. The number of rotatable bonds is 2. The van der Waals surface area contributed by atoms with Crippen molar-refractivity contribution in [2.75, 3.05) is 5.32 Å². The van der Waals surface area contributed by atoms with Crippen LogP contribution in [0.3, 0.4) is 0 Å². The van der Waals surface area contributed by atoms with Crippen LogP contribution in [0, 0.1) is 0 Å². The van der Waals surface area contributed by atoms with Gasteiger partial charge < -0.3 is 4.42 Å². The third-order valence-corrected chi connectivity index (χ3v) is 2.02. The highest BCUT2D eigenvalue weighted by atomic mass is 35.5. The van der Waals surface area contributed by atoms with Crippen molar-refractivity contribution in [2.45, 2.75) is 0 Å². The molecule has 0 aliphatic carbocycles. The quantitative estimate of drug-likeness (QED) is 0.814. The fourth-order valence-corrected chi connectivity index (χ4v) is 1.19. The van der Waals surface area contributed by atoms with Gasteiger partial charge in [0.25, 0.3) is 5.91 Å². The maximum atomic E-state index is 11.6. The molecule has 2 aromatic rings. The molecular formula is C10H6ClN3O3. The van der Waals surface area contributed by atoms with Crippen molar-refractivity contribution in [2.24, 2.45) is 0 Å². The van der Waals surface area contributed by atoms with E-state index in [0.717, 1.165) is 12.3 Å². The van der Waals surface area contributed by atoms with Gasteiger partial charge in [0.05, 0.1) is 5.56 Å². The zero-order chi connectivity index (χ0) is 12.3. The molecule has 0 aliphatic rings. The Morgan fingerprint density at radius 2 is 2.18 bits per heavy atom. The topological polar surface area (TPSA) is 85.1 Å². The van der Waals surface area contributed by atoms with Crippen LogP contribution in [0.4, 0.5) is 5.95 Å². The second-order valence-electron chi connectivity index (χ2n) is 3.00. The Balaban J connectivity index is 2.17. The van der Waals surface area contributed by atoms with Crippen LogP contribution in [0.25, 0.3) is 0 Å². The third-order valence-electron chi connectivity index (χ3n) is 1.81.